The van der Waals surface area contributed by atoms with Gasteiger partial charge in [-0.2, -0.15) is 0 Å². The molecule has 5 rings (SSSR count). The van der Waals surface area contributed by atoms with Crippen LogP contribution in [0.1, 0.15) is 41.4 Å². The summed E-state index contributed by atoms with van der Waals surface area (Å²) in [7, 11) is 1.67. The van der Waals surface area contributed by atoms with Crippen LogP contribution in [0, 0.1) is 0 Å². The van der Waals surface area contributed by atoms with Gasteiger partial charge in [0.15, 0.2) is 5.69 Å². The SMILES string of the molecule is COc1ccc(N2CCCN(C(=O)c3nc(-c4ccccc4)oc3C3CC3)CC2)cc1. The van der Waals surface area contributed by atoms with Crippen molar-refractivity contribution in [2.45, 2.75) is 25.2 Å². The average molecular weight is 418 g/mol. The van der Waals surface area contributed by atoms with Crippen LogP contribution >= 0.6 is 0 Å². The zero-order valence-electron chi connectivity index (χ0n) is 17.8. The smallest absolute Gasteiger partial charge is 0.276 e. The monoisotopic (exact) mass is 417 g/mol. The summed E-state index contributed by atoms with van der Waals surface area (Å²) in [6.07, 6.45) is 3.05. The van der Waals surface area contributed by atoms with Gasteiger partial charge in [-0.05, 0) is 55.7 Å². The lowest BCUT2D eigenvalue weighted by Gasteiger charge is -2.23. The Kier molecular flexibility index (Phi) is 5.37. The molecule has 1 aromatic heterocycles. The minimum absolute atomic E-state index is 0.00980. The van der Waals surface area contributed by atoms with Gasteiger partial charge in [0.05, 0.1) is 7.11 Å². The molecule has 1 aliphatic carbocycles. The molecule has 0 spiro atoms. The number of oxazole rings is 1. The summed E-state index contributed by atoms with van der Waals surface area (Å²) >= 11 is 0. The molecule has 0 unspecified atom stereocenters. The summed E-state index contributed by atoms with van der Waals surface area (Å²) < 4.78 is 11.4. The fourth-order valence-electron chi connectivity index (χ4n) is 4.13. The highest BCUT2D eigenvalue weighted by atomic mass is 16.5. The minimum Gasteiger partial charge on any atom is -0.497 e. The molecule has 6 heteroatoms. The number of amides is 1. The topological polar surface area (TPSA) is 58.8 Å². The fourth-order valence-corrected chi connectivity index (χ4v) is 4.13. The van der Waals surface area contributed by atoms with Gasteiger partial charge in [-0.3, -0.25) is 4.79 Å². The molecular weight excluding hydrogens is 390 g/mol. The van der Waals surface area contributed by atoms with E-state index in [1.807, 2.05) is 47.4 Å². The van der Waals surface area contributed by atoms with Crippen LogP contribution in [0.5, 0.6) is 5.75 Å². The average Bonchev–Trinajstić information content (AvgIpc) is 3.62. The highest BCUT2D eigenvalue weighted by Gasteiger charge is 2.36. The van der Waals surface area contributed by atoms with Gasteiger partial charge < -0.3 is 19.0 Å². The third-order valence-corrected chi connectivity index (χ3v) is 6.05. The number of hydrogen-bond acceptors (Lipinski definition) is 5. The lowest BCUT2D eigenvalue weighted by molar-refractivity contribution is 0.0759. The molecule has 1 saturated carbocycles. The number of ether oxygens (including phenoxy) is 1. The number of benzene rings is 2. The first-order valence-electron chi connectivity index (χ1n) is 11.0. The molecule has 0 N–H and O–H groups in total. The maximum absolute atomic E-state index is 13.4. The molecule has 0 radical (unpaired) electrons. The first-order chi connectivity index (χ1) is 15.2. The molecule has 2 aliphatic rings. The Labute approximate surface area is 182 Å². The zero-order valence-corrected chi connectivity index (χ0v) is 17.8. The predicted molar refractivity (Wildman–Crippen MR) is 120 cm³/mol. The van der Waals surface area contributed by atoms with Crippen LogP contribution in [0.4, 0.5) is 5.69 Å². The van der Waals surface area contributed by atoms with Gasteiger partial charge in [0.25, 0.3) is 5.91 Å². The Bertz CT molecular complexity index is 1040. The van der Waals surface area contributed by atoms with Gasteiger partial charge in [0.2, 0.25) is 5.89 Å². The Balaban J connectivity index is 1.33. The van der Waals surface area contributed by atoms with Crippen molar-refractivity contribution in [2.75, 3.05) is 38.2 Å². The largest absolute Gasteiger partial charge is 0.497 e. The molecule has 160 valence electrons. The number of aromatic nitrogens is 1. The Morgan fingerprint density at radius 1 is 1.00 bits per heavy atom. The maximum Gasteiger partial charge on any atom is 0.276 e. The molecule has 1 saturated heterocycles. The molecule has 1 aliphatic heterocycles. The number of anilines is 1. The highest BCUT2D eigenvalue weighted by molar-refractivity contribution is 5.94. The lowest BCUT2D eigenvalue weighted by Crippen LogP contribution is -2.35. The van der Waals surface area contributed by atoms with E-state index < -0.39 is 0 Å². The first kappa shape index (κ1) is 19.7. The van der Waals surface area contributed by atoms with E-state index in [9.17, 15) is 4.79 Å². The van der Waals surface area contributed by atoms with Crippen molar-refractivity contribution in [1.82, 2.24) is 9.88 Å². The number of rotatable bonds is 5. The van der Waals surface area contributed by atoms with Crippen molar-refractivity contribution < 1.29 is 13.9 Å². The second-order valence-electron chi connectivity index (χ2n) is 8.20. The predicted octanol–water partition coefficient (Wildman–Crippen LogP) is 4.58. The van der Waals surface area contributed by atoms with Crippen LogP contribution < -0.4 is 9.64 Å². The second-order valence-corrected chi connectivity index (χ2v) is 8.20. The second kappa shape index (κ2) is 8.46. The van der Waals surface area contributed by atoms with E-state index in [-0.39, 0.29) is 5.91 Å². The summed E-state index contributed by atoms with van der Waals surface area (Å²) in [4.78, 5) is 22.4. The Morgan fingerprint density at radius 3 is 2.48 bits per heavy atom. The van der Waals surface area contributed by atoms with E-state index >= 15 is 0 Å². The Morgan fingerprint density at radius 2 is 1.77 bits per heavy atom. The summed E-state index contributed by atoms with van der Waals surface area (Å²) in [5.41, 5.74) is 2.56. The summed E-state index contributed by atoms with van der Waals surface area (Å²) in [6.45, 7) is 3.10. The maximum atomic E-state index is 13.4. The van der Waals surface area contributed by atoms with Crippen molar-refractivity contribution in [2.24, 2.45) is 0 Å². The van der Waals surface area contributed by atoms with Gasteiger partial charge in [0, 0.05) is 43.3 Å². The number of hydrogen-bond donors (Lipinski definition) is 0. The number of methoxy groups -OCH3 is 1. The normalized spacial score (nSPS) is 16.8. The van der Waals surface area contributed by atoms with Crippen LogP contribution in [-0.2, 0) is 0 Å². The highest BCUT2D eigenvalue weighted by Crippen LogP contribution is 2.43. The molecule has 2 heterocycles. The summed E-state index contributed by atoms with van der Waals surface area (Å²) in [5, 5.41) is 0. The van der Waals surface area contributed by atoms with Gasteiger partial charge in [-0.25, -0.2) is 4.98 Å². The third kappa shape index (κ3) is 4.15. The molecule has 1 amide bonds. The van der Waals surface area contributed by atoms with Crippen LogP contribution in [0.2, 0.25) is 0 Å². The van der Waals surface area contributed by atoms with E-state index in [0.29, 0.717) is 24.0 Å². The van der Waals surface area contributed by atoms with Gasteiger partial charge in [-0.15, -0.1) is 0 Å². The molecule has 0 bridgehead atoms. The third-order valence-electron chi connectivity index (χ3n) is 6.05. The fraction of sp³-hybridized carbons (Fsp3) is 0.360. The van der Waals surface area contributed by atoms with E-state index in [4.69, 9.17) is 9.15 Å². The standard InChI is InChI=1S/C25H27N3O3/c1-30-21-12-10-20(11-13-21)27-14-5-15-28(17-16-27)25(29)22-23(18-8-9-18)31-24(26-22)19-6-3-2-4-7-19/h2-4,6-7,10-13,18H,5,8-9,14-17H2,1H3. The quantitative estimate of drug-likeness (QED) is 0.608. The van der Waals surface area contributed by atoms with Gasteiger partial charge >= 0.3 is 0 Å². The molecule has 3 aromatic rings. The zero-order chi connectivity index (χ0) is 21.2. The minimum atomic E-state index is -0.00980. The number of nitrogens with zero attached hydrogens (tertiary/aromatic N) is 3. The van der Waals surface area contributed by atoms with E-state index in [2.05, 4.69) is 22.0 Å². The van der Waals surface area contributed by atoms with Gasteiger partial charge in [0.1, 0.15) is 11.5 Å². The lowest BCUT2D eigenvalue weighted by atomic mass is 10.2. The van der Waals surface area contributed by atoms with E-state index in [1.54, 1.807) is 7.11 Å². The van der Waals surface area contributed by atoms with E-state index in [1.165, 1.54) is 0 Å². The van der Waals surface area contributed by atoms with Crippen LogP contribution in [0.25, 0.3) is 11.5 Å². The van der Waals surface area contributed by atoms with Crippen molar-refractivity contribution in [1.29, 1.82) is 0 Å². The van der Waals surface area contributed by atoms with Crippen molar-refractivity contribution in [3.8, 4) is 17.2 Å². The summed E-state index contributed by atoms with van der Waals surface area (Å²) in [5.74, 6) is 2.47. The summed E-state index contributed by atoms with van der Waals surface area (Å²) in [6, 6.07) is 17.9. The van der Waals surface area contributed by atoms with Crippen molar-refractivity contribution >= 4 is 11.6 Å². The van der Waals surface area contributed by atoms with Crippen LogP contribution in [-0.4, -0.2) is 49.1 Å². The van der Waals surface area contributed by atoms with Gasteiger partial charge in [-0.1, -0.05) is 18.2 Å². The first-order valence-corrected chi connectivity index (χ1v) is 11.0. The number of carbonyl (C=O) groups is 1. The molecule has 0 atom stereocenters. The Hall–Kier alpha value is -3.28. The molecule has 2 aromatic carbocycles. The molecular formula is C25H27N3O3. The van der Waals surface area contributed by atoms with Crippen LogP contribution in [0.15, 0.2) is 59.0 Å². The molecule has 2 fully saturated rings. The van der Waals surface area contributed by atoms with Crippen molar-refractivity contribution in [3.63, 3.8) is 0 Å². The van der Waals surface area contributed by atoms with E-state index in [0.717, 1.165) is 61.7 Å². The number of carbonyl (C=O) groups excluding carboxylic acids is 1. The van der Waals surface area contributed by atoms with Crippen LogP contribution in [0.3, 0.4) is 0 Å². The van der Waals surface area contributed by atoms with Crippen molar-refractivity contribution in [3.05, 3.63) is 66.1 Å². The molecule has 6 nitrogen and oxygen atoms in total. The molecule has 31 heavy (non-hydrogen) atoms.